The molecular formula is C13H15N3O2. The van der Waals surface area contributed by atoms with Gasteiger partial charge in [-0.3, -0.25) is 4.57 Å². The molecule has 0 amide bonds. The van der Waals surface area contributed by atoms with Gasteiger partial charge in [0, 0.05) is 0 Å². The standard InChI is InChI=1S/C13H15N3O2/c1-9-14-10(2)16(13(17)15-9)8-11-4-6-12(18-3)7-5-11/h4-7H,8H2,1-3H3. The number of aryl methyl sites for hydroxylation is 2. The maximum absolute atomic E-state index is 11.8. The minimum absolute atomic E-state index is 0.268. The van der Waals surface area contributed by atoms with E-state index in [2.05, 4.69) is 9.97 Å². The molecule has 5 heteroatoms. The average molecular weight is 245 g/mol. The molecule has 5 nitrogen and oxygen atoms in total. The second-order valence-corrected chi connectivity index (χ2v) is 4.03. The van der Waals surface area contributed by atoms with E-state index in [1.165, 1.54) is 0 Å². The van der Waals surface area contributed by atoms with Crippen molar-refractivity contribution in [1.29, 1.82) is 0 Å². The summed E-state index contributed by atoms with van der Waals surface area (Å²) in [6.45, 7) is 3.99. The summed E-state index contributed by atoms with van der Waals surface area (Å²) in [6.07, 6.45) is 0. The van der Waals surface area contributed by atoms with Gasteiger partial charge in [-0.15, -0.1) is 0 Å². The van der Waals surface area contributed by atoms with Crippen LogP contribution in [0.5, 0.6) is 5.75 Å². The first-order valence-electron chi connectivity index (χ1n) is 5.65. The molecule has 0 bridgehead atoms. The number of nitrogens with zero attached hydrogens (tertiary/aromatic N) is 3. The average Bonchev–Trinajstić information content (AvgIpc) is 2.34. The second-order valence-electron chi connectivity index (χ2n) is 4.03. The van der Waals surface area contributed by atoms with Crippen molar-refractivity contribution in [3.63, 3.8) is 0 Å². The number of hydrogen-bond acceptors (Lipinski definition) is 4. The molecule has 18 heavy (non-hydrogen) atoms. The monoisotopic (exact) mass is 245 g/mol. The number of methoxy groups -OCH3 is 1. The smallest absolute Gasteiger partial charge is 0.350 e. The number of aromatic nitrogens is 3. The van der Waals surface area contributed by atoms with E-state index >= 15 is 0 Å². The molecule has 0 atom stereocenters. The lowest BCUT2D eigenvalue weighted by atomic mass is 10.2. The minimum Gasteiger partial charge on any atom is -0.497 e. The summed E-state index contributed by atoms with van der Waals surface area (Å²) in [6, 6.07) is 7.57. The van der Waals surface area contributed by atoms with Crippen molar-refractivity contribution in [2.24, 2.45) is 0 Å². The van der Waals surface area contributed by atoms with Gasteiger partial charge in [0.2, 0.25) is 0 Å². The molecule has 0 spiro atoms. The molecule has 0 saturated carbocycles. The van der Waals surface area contributed by atoms with Crippen LogP contribution in [0, 0.1) is 13.8 Å². The van der Waals surface area contributed by atoms with Crippen LogP contribution in [0.4, 0.5) is 0 Å². The van der Waals surface area contributed by atoms with Crippen molar-refractivity contribution in [3.8, 4) is 5.75 Å². The molecule has 0 saturated heterocycles. The van der Waals surface area contributed by atoms with Crippen LogP contribution >= 0.6 is 0 Å². The molecule has 0 aliphatic carbocycles. The first-order valence-corrected chi connectivity index (χ1v) is 5.65. The zero-order chi connectivity index (χ0) is 13.1. The van der Waals surface area contributed by atoms with Crippen molar-refractivity contribution in [1.82, 2.24) is 14.5 Å². The maximum Gasteiger partial charge on any atom is 0.350 e. The van der Waals surface area contributed by atoms with E-state index < -0.39 is 0 Å². The van der Waals surface area contributed by atoms with Gasteiger partial charge in [0.1, 0.15) is 17.4 Å². The predicted octanol–water partition coefficient (Wildman–Crippen LogP) is 1.31. The molecule has 2 rings (SSSR count). The van der Waals surface area contributed by atoms with Crippen LogP contribution in [-0.2, 0) is 6.54 Å². The van der Waals surface area contributed by atoms with Gasteiger partial charge in [0.25, 0.3) is 0 Å². The summed E-state index contributed by atoms with van der Waals surface area (Å²) in [5.41, 5.74) is 0.740. The molecule has 0 aliphatic heterocycles. The van der Waals surface area contributed by atoms with Gasteiger partial charge >= 0.3 is 5.69 Å². The maximum atomic E-state index is 11.8. The summed E-state index contributed by atoms with van der Waals surface area (Å²) >= 11 is 0. The Hall–Kier alpha value is -2.17. The van der Waals surface area contributed by atoms with Gasteiger partial charge in [-0.2, -0.15) is 4.98 Å². The highest BCUT2D eigenvalue weighted by Crippen LogP contribution is 2.12. The highest BCUT2D eigenvalue weighted by Gasteiger charge is 2.05. The lowest BCUT2D eigenvalue weighted by Gasteiger charge is -2.09. The Morgan fingerprint density at radius 3 is 2.39 bits per heavy atom. The van der Waals surface area contributed by atoms with Crippen LogP contribution in [-0.4, -0.2) is 21.6 Å². The van der Waals surface area contributed by atoms with Gasteiger partial charge in [-0.05, 0) is 31.5 Å². The van der Waals surface area contributed by atoms with Crippen LogP contribution < -0.4 is 10.4 Å². The summed E-state index contributed by atoms with van der Waals surface area (Å²) in [4.78, 5) is 19.8. The van der Waals surface area contributed by atoms with Crippen molar-refractivity contribution in [2.75, 3.05) is 7.11 Å². The van der Waals surface area contributed by atoms with E-state index in [1.807, 2.05) is 24.3 Å². The molecule has 0 unspecified atom stereocenters. The van der Waals surface area contributed by atoms with Gasteiger partial charge in [-0.1, -0.05) is 12.1 Å². The highest BCUT2D eigenvalue weighted by molar-refractivity contribution is 5.27. The van der Waals surface area contributed by atoms with E-state index in [4.69, 9.17) is 4.74 Å². The highest BCUT2D eigenvalue weighted by atomic mass is 16.5. The molecule has 1 aromatic heterocycles. The summed E-state index contributed by atoms with van der Waals surface area (Å²) in [5, 5.41) is 0. The van der Waals surface area contributed by atoms with Crippen molar-refractivity contribution in [2.45, 2.75) is 20.4 Å². The molecule has 0 fully saturated rings. The SMILES string of the molecule is COc1ccc(Cn2c(C)nc(C)nc2=O)cc1. The van der Waals surface area contributed by atoms with E-state index in [-0.39, 0.29) is 5.69 Å². The summed E-state index contributed by atoms with van der Waals surface area (Å²) in [5.74, 6) is 1.97. The molecule has 0 N–H and O–H groups in total. The van der Waals surface area contributed by atoms with Crippen LogP contribution in [0.15, 0.2) is 29.1 Å². The summed E-state index contributed by atoms with van der Waals surface area (Å²) < 4.78 is 6.64. The Bertz CT molecular complexity index is 603. The van der Waals surface area contributed by atoms with Crippen molar-refractivity contribution >= 4 is 0 Å². The lowest BCUT2D eigenvalue weighted by Crippen LogP contribution is -2.27. The Labute approximate surface area is 105 Å². The third-order valence-electron chi connectivity index (χ3n) is 2.70. The molecule has 0 radical (unpaired) electrons. The zero-order valence-electron chi connectivity index (χ0n) is 10.7. The first kappa shape index (κ1) is 12.3. The Kier molecular flexibility index (Phi) is 3.41. The third kappa shape index (κ3) is 2.56. The molecule has 1 aromatic carbocycles. The van der Waals surface area contributed by atoms with Crippen LogP contribution in [0.25, 0.3) is 0 Å². The largest absolute Gasteiger partial charge is 0.497 e. The fourth-order valence-electron chi connectivity index (χ4n) is 1.75. The van der Waals surface area contributed by atoms with Crippen LogP contribution in [0.2, 0.25) is 0 Å². The van der Waals surface area contributed by atoms with Gasteiger partial charge in [-0.25, -0.2) is 9.78 Å². The normalized spacial score (nSPS) is 10.4. The van der Waals surface area contributed by atoms with E-state index in [0.29, 0.717) is 18.2 Å². The molecule has 1 heterocycles. The number of ether oxygens (including phenoxy) is 1. The molecule has 94 valence electrons. The van der Waals surface area contributed by atoms with E-state index in [0.717, 1.165) is 11.3 Å². The zero-order valence-corrected chi connectivity index (χ0v) is 10.7. The number of hydrogen-bond donors (Lipinski definition) is 0. The topological polar surface area (TPSA) is 57.0 Å². The Morgan fingerprint density at radius 1 is 1.17 bits per heavy atom. The van der Waals surface area contributed by atoms with Crippen molar-refractivity contribution in [3.05, 3.63) is 52.0 Å². The lowest BCUT2D eigenvalue weighted by molar-refractivity contribution is 0.414. The number of benzene rings is 1. The third-order valence-corrected chi connectivity index (χ3v) is 2.70. The van der Waals surface area contributed by atoms with Gasteiger partial charge in [0.05, 0.1) is 13.7 Å². The molecular weight excluding hydrogens is 230 g/mol. The minimum atomic E-state index is -0.268. The van der Waals surface area contributed by atoms with Crippen LogP contribution in [0.3, 0.4) is 0 Å². The van der Waals surface area contributed by atoms with Gasteiger partial charge < -0.3 is 4.74 Å². The first-order chi connectivity index (χ1) is 8.60. The van der Waals surface area contributed by atoms with E-state index in [1.54, 1.807) is 25.5 Å². The Morgan fingerprint density at radius 2 is 1.83 bits per heavy atom. The fraction of sp³-hybridized carbons (Fsp3) is 0.308. The predicted molar refractivity (Wildman–Crippen MR) is 67.9 cm³/mol. The van der Waals surface area contributed by atoms with E-state index in [9.17, 15) is 4.79 Å². The second kappa shape index (κ2) is 5.00. The Balaban J connectivity index is 2.31. The number of rotatable bonds is 3. The molecule has 2 aromatic rings. The molecule has 0 aliphatic rings. The fourth-order valence-corrected chi connectivity index (χ4v) is 1.75. The van der Waals surface area contributed by atoms with Gasteiger partial charge in [0.15, 0.2) is 0 Å². The quantitative estimate of drug-likeness (QED) is 0.818. The van der Waals surface area contributed by atoms with Crippen molar-refractivity contribution < 1.29 is 4.74 Å². The summed E-state index contributed by atoms with van der Waals surface area (Å²) in [7, 11) is 1.62. The van der Waals surface area contributed by atoms with Crippen LogP contribution in [0.1, 0.15) is 17.2 Å².